The summed E-state index contributed by atoms with van der Waals surface area (Å²) >= 11 is 0. The fourth-order valence-electron chi connectivity index (χ4n) is 5.88. The minimum Gasteiger partial charge on any atom is -0.494 e. The molecule has 5 rings (SSSR count). The van der Waals surface area contributed by atoms with Gasteiger partial charge in [-0.05, 0) is 99.3 Å². The molecular weight excluding hydrogens is 300 g/mol. The van der Waals surface area contributed by atoms with Crippen molar-refractivity contribution in [1.82, 2.24) is 0 Å². The molecule has 4 fully saturated rings. The average Bonchev–Trinajstić information content (AvgIpc) is 2.54. The molecule has 0 radical (unpaired) electrons. The molecule has 0 N–H and O–H groups in total. The van der Waals surface area contributed by atoms with Gasteiger partial charge in [-0.3, -0.25) is 0 Å². The van der Waals surface area contributed by atoms with E-state index in [1.165, 1.54) is 44.9 Å². The van der Waals surface area contributed by atoms with Gasteiger partial charge in [0.05, 0.1) is 18.8 Å². The summed E-state index contributed by atoms with van der Waals surface area (Å²) in [5.41, 5.74) is 1.16. The van der Waals surface area contributed by atoms with Gasteiger partial charge in [-0.2, -0.15) is 0 Å². The maximum atomic E-state index is 11.7. The lowest BCUT2D eigenvalue weighted by Crippen LogP contribution is -2.46. The number of carbonyl (C=O) groups excluding carboxylic acids is 1. The molecule has 24 heavy (non-hydrogen) atoms. The molecule has 0 aromatic heterocycles. The van der Waals surface area contributed by atoms with Crippen LogP contribution in [-0.2, 0) is 4.74 Å². The van der Waals surface area contributed by atoms with Gasteiger partial charge >= 0.3 is 5.97 Å². The van der Waals surface area contributed by atoms with Crippen LogP contribution in [-0.4, -0.2) is 19.2 Å². The molecule has 4 aliphatic carbocycles. The van der Waals surface area contributed by atoms with Gasteiger partial charge in [0.25, 0.3) is 0 Å². The molecule has 0 aliphatic heterocycles. The van der Waals surface area contributed by atoms with E-state index in [2.05, 4.69) is 0 Å². The number of carbonyl (C=O) groups is 1. The van der Waals surface area contributed by atoms with Crippen molar-refractivity contribution >= 4 is 5.97 Å². The van der Waals surface area contributed by atoms with Crippen LogP contribution in [0.4, 0.5) is 0 Å². The van der Waals surface area contributed by atoms with Crippen LogP contribution in [0.25, 0.3) is 0 Å². The SMILES string of the molecule is CCOC(=O)c1ccc(OCCC23CC4CC(CC(C4)C2)C3)cc1. The van der Waals surface area contributed by atoms with Gasteiger partial charge in [0, 0.05) is 0 Å². The Bertz CT molecular complexity index is 554. The Labute approximate surface area is 144 Å². The minimum absolute atomic E-state index is 0.266. The summed E-state index contributed by atoms with van der Waals surface area (Å²) in [5, 5.41) is 0. The molecular formula is C21H28O3. The fourth-order valence-corrected chi connectivity index (χ4v) is 5.88. The minimum atomic E-state index is -0.266. The highest BCUT2D eigenvalue weighted by Crippen LogP contribution is 2.61. The Morgan fingerprint density at radius 1 is 1.04 bits per heavy atom. The zero-order valence-corrected chi connectivity index (χ0v) is 14.6. The number of esters is 1. The Morgan fingerprint density at radius 2 is 1.62 bits per heavy atom. The van der Waals surface area contributed by atoms with Crippen LogP contribution in [0.1, 0.15) is 62.2 Å². The van der Waals surface area contributed by atoms with Crippen LogP contribution in [0.3, 0.4) is 0 Å². The highest BCUT2D eigenvalue weighted by molar-refractivity contribution is 5.89. The molecule has 0 saturated heterocycles. The van der Waals surface area contributed by atoms with E-state index >= 15 is 0 Å². The van der Waals surface area contributed by atoms with Crippen molar-refractivity contribution in [3.8, 4) is 5.75 Å². The second-order valence-electron chi connectivity index (χ2n) is 8.26. The lowest BCUT2D eigenvalue weighted by Gasteiger charge is -2.57. The van der Waals surface area contributed by atoms with Crippen molar-refractivity contribution in [1.29, 1.82) is 0 Å². The van der Waals surface area contributed by atoms with Gasteiger partial charge in [-0.15, -0.1) is 0 Å². The Hall–Kier alpha value is -1.51. The van der Waals surface area contributed by atoms with Crippen LogP contribution in [0, 0.1) is 23.2 Å². The zero-order valence-electron chi connectivity index (χ0n) is 14.6. The van der Waals surface area contributed by atoms with E-state index in [1.807, 2.05) is 19.1 Å². The predicted molar refractivity (Wildman–Crippen MR) is 93.1 cm³/mol. The third-order valence-corrected chi connectivity index (χ3v) is 6.43. The maximum absolute atomic E-state index is 11.7. The first-order chi connectivity index (χ1) is 11.7. The molecule has 0 atom stereocenters. The van der Waals surface area contributed by atoms with Crippen LogP contribution < -0.4 is 4.74 Å². The van der Waals surface area contributed by atoms with Crippen LogP contribution in [0.15, 0.2) is 24.3 Å². The molecule has 0 unspecified atom stereocenters. The molecule has 1 aromatic carbocycles. The van der Waals surface area contributed by atoms with Gasteiger partial charge in [0.2, 0.25) is 0 Å². The van der Waals surface area contributed by atoms with Gasteiger partial charge < -0.3 is 9.47 Å². The van der Waals surface area contributed by atoms with E-state index in [-0.39, 0.29) is 5.97 Å². The highest BCUT2D eigenvalue weighted by atomic mass is 16.5. The Kier molecular flexibility index (Phi) is 4.28. The molecule has 4 saturated carbocycles. The van der Waals surface area contributed by atoms with E-state index < -0.39 is 0 Å². The van der Waals surface area contributed by atoms with Gasteiger partial charge in [0.15, 0.2) is 0 Å². The van der Waals surface area contributed by atoms with Crippen LogP contribution in [0.5, 0.6) is 5.75 Å². The number of rotatable bonds is 6. The standard InChI is InChI=1S/C21H28O3/c1-2-23-20(22)18-3-5-19(6-4-18)24-8-7-21-12-15-9-16(13-21)11-17(10-15)14-21/h3-6,15-17H,2,7-14H2,1H3. The lowest BCUT2D eigenvalue weighted by molar-refractivity contribution is -0.0622. The van der Waals surface area contributed by atoms with E-state index in [0.717, 1.165) is 30.1 Å². The zero-order chi connectivity index (χ0) is 16.6. The molecule has 1 aromatic rings. The maximum Gasteiger partial charge on any atom is 0.338 e. The first-order valence-corrected chi connectivity index (χ1v) is 9.56. The third kappa shape index (κ3) is 3.18. The van der Waals surface area contributed by atoms with Gasteiger partial charge in [-0.1, -0.05) is 0 Å². The summed E-state index contributed by atoms with van der Waals surface area (Å²) in [6.45, 7) is 3.02. The van der Waals surface area contributed by atoms with E-state index in [9.17, 15) is 4.79 Å². The van der Waals surface area contributed by atoms with Crippen molar-refractivity contribution in [2.75, 3.05) is 13.2 Å². The normalized spacial score (nSPS) is 33.5. The van der Waals surface area contributed by atoms with Crippen molar-refractivity contribution in [3.05, 3.63) is 29.8 Å². The summed E-state index contributed by atoms with van der Waals surface area (Å²) in [7, 11) is 0. The Balaban J connectivity index is 1.30. The van der Waals surface area contributed by atoms with Crippen molar-refractivity contribution in [3.63, 3.8) is 0 Å². The number of ether oxygens (including phenoxy) is 2. The fraction of sp³-hybridized carbons (Fsp3) is 0.667. The first kappa shape index (κ1) is 16.0. The molecule has 4 aliphatic rings. The third-order valence-electron chi connectivity index (χ3n) is 6.43. The monoisotopic (exact) mass is 328 g/mol. The topological polar surface area (TPSA) is 35.5 Å². The molecule has 3 nitrogen and oxygen atoms in total. The largest absolute Gasteiger partial charge is 0.494 e. The number of benzene rings is 1. The second-order valence-corrected chi connectivity index (χ2v) is 8.26. The molecule has 4 bridgehead atoms. The number of hydrogen-bond donors (Lipinski definition) is 0. The lowest BCUT2D eigenvalue weighted by atomic mass is 9.49. The van der Waals surface area contributed by atoms with E-state index in [0.29, 0.717) is 17.6 Å². The molecule has 0 heterocycles. The highest BCUT2D eigenvalue weighted by Gasteiger charge is 2.50. The summed E-state index contributed by atoms with van der Waals surface area (Å²) in [4.78, 5) is 11.7. The van der Waals surface area contributed by atoms with Crippen molar-refractivity contribution < 1.29 is 14.3 Å². The van der Waals surface area contributed by atoms with Crippen molar-refractivity contribution in [2.45, 2.75) is 51.9 Å². The van der Waals surface area contributed by atoms with Crippen molar-refractivity contribution in [2.24, 2.45) is 23.2 Å². The molecule has 130 valence electrons. The quantitative estimate of drug-likeness (QED) is 0.700. The summed E-state index contributed by atoms with van der Waals surface area (Å²) in [6, 6.07) is 7.34. The van der Waals surface area contributed by atoms with Gasteiger partial charge in [-0.25, -0.2) is 4.79 Å². The molecule has 0 spiro atoms. The van der Waals surface area contributed by atoms with Gasteiger partial charge in [0.1, 0.15) is 5.75 Å². The average molecular weight is 328 g/mol. The second kappa shape index (κ2) is 6.42. The molecule has 0 amide bonds. The summed E-state index contributed by atoms with van der Waals surface area (Å²) in [5.74, 6) is 3.59. The van der Waals surface area contributed by atoms with Crippen LogP contribution >= 0.6 is 0 Å². The Morgan fingerprint density at radius 3 is 2.17 bits per heavy atom. The predicted octanol–water partition coefficient (Wildman–Crippen LogP) is 4.85. The smallest absolute Gasteiger partial charge is 0.338 e. The number of hydrogen-bond acceptors (Lipinski definition) is 3. The summed E-state index contributed by atoms with van der Waals surface area (Å²) < 4.78 is 11.0. The van der Waals surface area contributed by atoms with E-state index in [1.54, 1.807) is 12.1 Å². The first-order valence-electron chi connectivity index (χ1n) is 9.56. The summed E-state index contributed by atoms with van der Waals surface area (Å²) in [6.07, 6.45) is 9.98. The molecule has 3 heteroatoms. The van der Waals surface area contributed by atoms with E-state index in [4.69, 9.17) is 9.47 Å². The van der Waals surface area contributed by atoms with Crippen LogP contribution in [0.2, 0.25) is 0 Å².